The molecular formula is C22H24N2O2S. The lowest BCUT2D eigenvalue weighted by molar-refractivity contribution is 0.459. The van der Waals surface area contributed by atoms with Crippen molar-refractivity contribution in [3.63, 3.8) is 0 Å². The second-order valence-electron chi connectivity index (χ2n) is 6.43. The topological polar surface area (TPSA) is 58.2 Å². The van der Waals surface area contributed by atoms with Gasteiger partial charge in [0.1, 0.15) is 0 Å². The van der Waals surface area contributed by atoms with Gasteiger partial charge in [-0.2, -0.15) is 0 Å². The molecule has 0 aromatic heterocycles. The van der Waals surface area contributed by atoms with Crippen molar-refractivity contribution < 1.29 is 8.42 Å². The van der Waals surface area contributed by atoms with Crippen LogP contribution in [0.4, 0.5) is 0 Å². The molecule has 2 unspecified atom stereocenters. The molecule has 0 aliphatic heterocycles. The average molecular weight is 381 g/mol. The van der Waals surface area contributed by atoms with Gasteiger partial charge in [-0.1, -0.05) is 78.9 Å². The second kappa shape index (κ2) is 8.95. The molecule has 2 N–H and O–H groups in total. The van der Waals surface area contributed by atoms with E-state index in [1.54, 1.807) is 30.3 Å². The summed E-state index contributed by atoms with van der Waals surface area (Å²) in [6.45, 7) is 2.34. The third-order valence-corrected chi connectivity index (χ3v) is 5.92. The van der Waals surface area contributed by atoms with Crippen LogP contribution in [0.5, 0.6) is 0 Å². The normalized spacial score (nSPS) is 13.8. The maximum absolute atomic E-state index is 12.6. The Morgan fingerprint density at radius 3 is 1.78 bits per heavy atom. The summed E-state index contributed by atoms with van der Waals surface area (Å²) < 4.78 is 27.9. The van der Waals surface area contributed by atoms with Crippen molar-refractivity contribution in [2.45, 2.75) is 23.9 Å². The van der Waals surface area contributed by atoms with Crippen molar-refractivity contribution in [1.29, 1.82) is 0 Å². The molecule has 0 radical (unpaired) electrons. The molecular weight excluding hydrogens is 356 g/mol. The molecule has 3 aromatic carbocycles. The zero-order valence-electron chi connectivity index (χ0n) is 15.2. The maximum Gasteiger partial charge on any atom is 0.240 e. The van der Waals surface area contributed by atoms with E-state index in [1.807, 2.05) is 48.5 Å². The van der Waals surface area contributed by atoms with Crippen LogP contribution in [0.3, 0.4) is 0 Å². The largest absolute Gasteiger partial charge is 0.302 e. The van der Waals surface area contributed by atoms with Crippen LogP contribution in [0.25, 0.3) is 0 Å². The summed E-state index contributed by atoms with van der Waals surface area (Å²) in [6.07, 6.45) is 0. The Balaban J connectivity index is 1.77. The van der Waals surface area contributed by atoms with E-state index in [9.17, 15) is 8.42 Å². The number of hydrogen-bond acceptors (Lipinski definition) is 3. The molecule has 0 aliphatic rings. The highest BCUT2D eigenvalue weighted by molar-refractivity contribution is 7.89. The Kier molecular flexibility index (Phi) is 6.40. The second-order valence-corrected chi connectivity index (χ2v) is 8.19. The fourth-order valence-electron chi connectivity index (χ4n) is 2.97. The predicted molar refractivity (Wildman–Crippen MR) is 109 cm³/mol. The van der Waals surface area contributed by atoms with E-state index in [4.69, 9.17) is 0 Å². The van der Waals surface area contributed by atoms with Crippen LogP contribution in [0.15, 0.2) is 95.9 Å². The van der Waals surface area contributed by atoms with Gasteiger partial charge in [-0.05, 0) is 30.2 Å². The van der Waals surface area contributed by atoms with Gasteiger partial charge in [0.15, 0.2) is 0 Å². The zero-order chi connectivity index (χ0) is 19.1. The Labute approximate surface area is 161 Å². The highest BCUT2D eigenvalue weighted by Crippen LogP contribution is 2.20. The SMILES string of the molecule is CC(NC(CNS(=O)(=O)c1ccccc1)c1ccccc1)c1ccccc1. The molecule has 3 aromatic rings. The number of hydrogen-bond donors (Lipinski definition) is 2. The molecule has 0 spiro atoms. The summed E-state index contributed by atoms with van der Waals surface area (Å²) >= 11 is 0. The Morgan fingerprint density at radius 2 is 1.22 bits per heavy atom. The van der Waals surface area contributed by atoms with Gasteiger partial charge in [0.2, 0.25) is 10.0 Å². The minimum atomic E-state index is -3.55. The van der Waals surface area contributed by atoms with Crippen LogP contribution in [0.2, 0.25) is 0 Å². The summed E-state index contributed by atoms with van der Waals surface area (Å²) in [6, 6.07) is 28.4. The molecule has 2 atom stereocenters. The summed E-state index contributed by atoms with van der Waals surface area (Å²) in [7, 11) is -3.55. The van der Waals surface area contributed by atoms with E-state index in [1.165, 1.54) is 0 Å². The molecule has 0 fully saturated rings. The van der Waals surface area contributed by atoms with E-state index in [-0.39, 0.29) is 23.5 Å². The van der Waals surface area contributed by atoms with Gasteiger partial charge >= 0.3 is 0 Å². The molecule has 0 amide bonds. The first-order chi connectivity index (χ1) is 13.1. The van der Waals surface area contributed by atoms with Gasteiger partial charge in [0, 0.05) is 18.6 Å². The van der Waals surface area contributed by atoms with Crippen molar-refractivity contribution in [2.75, 3.05) is 6.54 Å². The summed E-state index contributed by atoms with van der Waals surface area (Å²) in [5.74, 6) is 0. The average Bonchev–Trinajstić information content (AvgIpc) is 2.73. The van der Waals surface area contributed by atoms with Crippen LogP contribution in [-0.4, -0.2) is 15.0 Å². The number of rotatable bonds is 8. The van der Waals surface area contributed by atoms with Crippen LogP contribution >= 0.6 is 0 Å². The summed E-state index contributed by atoms with van der Waals surface area (Å²) in [4.78, 5) is 0.271. The lowest BCUT2D eigenvalue weighted by Crippen LogP contribution is -2.36. The summed E-state index contributed by atoms with van der Waals surface area (Å²) in [5.41, 5.74) is 2.19. The molecule has 0 saturated carbocycles. The molecule has 140 valence electrons. The van der Waals surface area contributed by atoms with Crippen LogP contribution in [0.1, 0.15) is 30.1 Å². The smallest absolute Gasteiger partial charge is 0.240 e. The van der Waals surface area contributed by atoms with Crippen molar-refractivity contribution in [3.8, 4) is 0 Å². The van der Waals surface area contributed by atoms with Crippen molar-refractivity contribution in [2.24, 2.45) is 0 Å². The van der Waals surface area contributed by atoms with E-state index in [0.29, 0.717) is 0 Å². The first-order valence-corrected chi connectivity index (χ1v) is 10.5. The Morgan fingerprint density at radius 1 is 0.741 bits per heavy atom. The van der Waals surface area contributed by atoms with E-state index < -0.39 is 10.0 Å². The molecule has 5 heteroatoms. The first kappa shape index (κ1) is 19.3. The third-order valence-electron chi connectivity index (χ3n) is 4.48. The monoisotopic (exact) mass is 380 g/mol. The van der Waals surface area contributed by atoms with Crippen molar-refractivity contribution in [3.05, 3.63) is 102 Å². The maximum atomic E-state index is 12.6. The lowest BCUT2D eigenvalue weighted by Gasteiger charge is -2.24. The van der Waals surface area contributed by atoms with Gasteiger partial charge in [-0.3, -0.25) is 0 Å². The van der Waals surface area contributed by atoms with Gasteiger partial charge in [0.25, 0.3) is 0 Å². The Bertz CT molecular complexity index is 930. The molecule has 0 heterocycles. The first-order valence-electron chi connectivity index (χ1n) is 8.97. The van der Waals surface area contributed by atoms with Gasteiger partial charge < -0.3 is 5.32 Å². The highest BCUT2D eigenvalue weighted by Gasteiger charge is 2.19. The molecule has 27 heavy (non-hydrogen) atoms. The van der Waals surface area contributed by atoms with E-state index >= 15 is 0 Å². The standard InChI is InChI=1S/C22H24N2O2S/c1-18(19-11-5-2-6-12-19)24-22(20-13-7-3-8-14-20)17-23-27(25,26)21-15-9-4-10-16-21/h2-16,18,22-24H,17H2,1H3. The minimum absolute atomic E-state index is 0.0811. The van der Waals surface area contributed by atoms with Crippen molar-refractivity contribution in [1.82, 2.24) is 10.0 Å². The quantitative estimate of drug-likeness (QED) is 0.620. The van der Waals surface area contributed by atoms with Gasteiger partial charge in [-0.25, -0.2) is 13.1 Å². The predicted octanol–water partition coefficient (Wildman–Crippen LogP) is 4.06. The van der Waals surface area contributed by atoms with Crippen LogP contribution in [-0.2, 0) is 10.0 Å². The third kappa shape index (κ3) is 5.26. The fraction of sp³-hybridized carbons (Fsp3) is 0.182. The fourth-order valence-corrected chi connectivity index (χ4v) is 4.04. The molecule has 4 nitrogen and oxygen atoms in total. The van der Waals surface area contributed by atoms with Crippen molar-refractivity contribution >= 4 is 10.0 Å². The number of sulfonamides is 1. The number of nitrogens with one attached hydrogen (secondary N) is 2. The van der Waals surface area contributed by atoms with E-state index in [0.717, 1.165) is 11.1 Å². The number of benzene rings is 3. The van der Waals surface area contributed by atoms with Crippen LogP contribution in [0, 0.1) is 0 Å². The molecule has 0 bridgehead atoms. The summed E-state index contributed by atoms with van der Waals surface area (Å²) in [5, 5.41) is 3.55. The van der Waals surface area contributed by atoms with E-state index in [2.05, 4.69) is 29.1 Å². The molecule has 0 saturated heterocycles. The van der Waals surface area contributed by atoms with Crippen LogP contribution < -0.4 is 10.0 Å². The van der Waals surface area contributed by atoms with Gasteiger partial charge in [-0.15, -0.1) is 0 Å². The lowest BCUT2D eigenvalue weighted by atomic mass is 10.0. The van der Waals surface area contributed by atoms with Gasteiger partial charge in [0.05, 0.1) is 4.90 Å². The molecule has 0 aliphatic carbocycles. The molecule has 3 rings (SSSR count). The minimum Gasteiger partial charge on any atom is -0.302 e. The zero-order valence-corrected chi connectivity index (χ0v) is 16.1. The highest BCUT2D eigenvalue weighted by atomic mass is 32.2. The Hall–Kier alpha value is -2.47.